The van der Waals surface area contributed by atoms with Gasteiger partial charge in [-0.3, -0.25) is 0 Å². The van der Waals surface area contributed by atoms with Crippen LogP contribution < -0.4 is 10.1 Å². The summed E-state index contributed by atoms with van der Waals surface area (Å²) < 4.78 is 5.31. The molecule has 15 heavy (non-hydrogen) atoms. The Labute approximate surface area is 95.0 Å². The summed E-state index contributed by atoms with van der Waals surface area (Å²) in [7, 11) is 0. The van der Waals surface area contributed by atoms with Crippen molar-refractivity contribution in [2.75, 3.05) is 18.5 Å². The van der Waals surface area contributed by atoms with Gasteiger partial charge in [0.1, 0.15) is 11.6 Å². The second kappa shape index (κ2) is 5.75. The Morgan fingerprint density at radius 2 is 2.27 bits per heavy atom. The Hall–Kier alpha value is -1.03. The number of ether oxygens (including phenoxy) is 1. The van der Waals surface area contributed by atoms with E-state index in [1.807, 2.05) is 20.8 Å². The van der Waals surface area contributed by atoms with Crippen LogP contribution in [-0.4, -0.2) is 28.5 Å². The number of aromatic nitrogens is 2. The van der Waals surface area contributed by atoms with Crippen molar-refractivity contribution in [1.29, 1.82) is 0 Å². The summed E-state index contributed by atoms with van der Waals surface area (Å²) in [5.41, 5.74) is 0. The molecule has 0 fully saturated rings. The van der Waals surface area contributed by atoms with Crippen molar-refractivity contribution in [2.24, 2.45) is 0 Å². The van der Waals surface area contributed by atoms with Gasteiger partial charge in [0.15, 0.2) is 0 Å². The molecule has 4 nitrogen and oxygen atoms in total. The fourth-order valence-corrected chi connectivity index (χ4v) is 1.18. The molecule has 1 atom stereocenters. The van der Waals surface area contributed by atoms with Gasteiger partial charge in [0.2, 0.25) is 5.88 Å². The van der Waals surface area contributed by atoms with Crippen molar-refractivity contribution in [1.82, 2.24) is 9.97 Å². The molecular formula is C10H16ClN3O. The number of nitrogens with zero attached hydrogens (tertiary/aromatic N) is 2. The molecule has 0 aliphatic rings. The zero-order valence-corrected chi connectivity index (χ0v) is 10.0. The van der Waals surface area contributed by atoms with Crippen LogP contribution in [0.25, 0.3) is 0 Å². The van der Waals surface area contributed by atoms with Gasteiger partial charge in [-0.25, -0.2) is 4.98 Å². The average Bonchev–Trinajstić information content (AvgIpc) is 2.14. The molecule has 1 aromatic rings. The predicted molar refractivity (Wildman–Crippen MR) is 61.7 cm³/mol. The third-order valence-corrected chi connectivity index (χ3v) is 1.83. The van der Waals surface area contributed by atoms with Gasteiger partial charge < -0.3 is 10.1 Å². The lowest BCUT2D eigenvalue weighted by molar-refractivity contribution is 0.325. The van der Waals surface area contributed by atoms with E-state index in [9.17, 15) is 0 Å². The zero-order valence-electron chi connectivity index (χ0n) is 9.25. The first-order valence-electron chi connectivity index (χ1n) is 4.98. The molecule has 0 aliphatic heterocycles. The monoisotopic (exact) mass is 229 g/mol. The van der Waals surface area contributed by atoms with Crippen LogP contribution in [0.15, 0.2) is 6.07 Å². The van der Waals surface area contributed by atoms with Crippen molar-refractivity contribution < 1.29 is 4.74 Å². The molecular weight excluding hydrogens is 214 g/mol. The maximum Gasteiger partial charge on any atom is 0.218 e. The van der Waals surface area contributed by atoms with Crippen LogP contribution in [-0.2, 0) is 0 Å². The smallest absolute Gasteiger partial charge is 0.218 e. The summed E-state index contributed by atoms with van der Waals surface area (Å²) in [4.78, 5) is 8.37. The number of hydrogen-bond donors (Lipinski definition) is 1. The van der Waals surface area contributed by atoms with Crippen LogP contribution in [0.5, 0.6) is 5.88 Å². The van der Waals surface area contributed by atoms with E-state index in [-0.39, 0.29) is 5.38 Å². The van der Waals surface area contributed by atoms with Gasteiger partial charge in [0.05, 0.1) is 6.61 Å². The number of aryl methyl sites for hydroxylation is 1. The first-order valence-corrected chi connectivity index (χ1v) is 5.42. The second-order valence-electron chi connectivity index (χ2n) is 3.23. The number of halogens is 1. The van der Waals surface area contributed by atoms with Crippen LogP contribution in [0, 0.1) is 6.92 Å². The molecule has 84 valence electrons. The fraction of sp³-hybridized carbons (Fsp3) is 0.600. The molecule has 0 spiro atoms. The molecule has 0 bridgehead atoms. The summed E-state index contributed by atoms with van der Waals surface area (Å²) in [6, 6.07) is 1.77. The molecule has 0 saturated heterocycles. The van der Waals surface area contributed by atoms with E-state index >= 15 is 0 Å². The summed E-state index contributed by atoms with van der Waals surface area (Å²) in [5, 5.41) is 3.19. The summed E-state index contributed by atoms with van der Waals surface area (Å²) in [5.74, 6) is 2.03. The lowest BCUT2D eigenvalue weighted by Gasteiger charge is -2.09. The third-order valence-electron chi connectivity index (χ3n) is 1.67. The van der Waals surface area contributed by atoms with E-state index in [1.54, 1.807) is 6.07 Å². The largest absolute Gasteiger partial charge is 0.478 e. The Morgan fingerprint density at radius 3 is 2.87 bits per heavy atom. The minimum atomic E-state index is 0.0656. The third kappa shape index (κ3) is 4.34. The van der Waals surface area contributed by atoms with Crippen LogP contribution in [0.4, 0.5) is 5.82 Å². The van der Waals surface area contributed by atoms with Gasteiger partial charge >= 0.3 is 0 Å². The number of hydrogen-bond acceptors (Lipinski definition) is 4. The number of anilines is 1. The second-order valence-corrected chi connectivity index (χ2v) is 3.98. The van der Waals surface area contributed by atoms with Crippen LogP contribution in [0.1, 0.15) is 19.7 Å². The number of nitrogens with one attached hydrogen (secondary N) is 1. The lowest BCUT2D eigenvalue weighted by atomic mass is 10.4. The van der Waals surface area contributed by atoms with E-state index < -0.39 is 0 Å². The molecule has 0 radical (unpaired) electrons. The SMILES string of the molecule is CCOc1cc(NCC(C)Cl)nc(C)n1. The lowest BCUT2D eigenvalue weighted by Crippen LogP contribution is -2.12. The van der Waals surface area contributed by atoms with Crippen molar-refractivity contribution in [3.63, 3.8) is 0 Å². The quantitative estimate of drug-likeness (QED) is 0.787. The predicted octanol–water partition coefficient (Wildman–Crippen LogP) is 2.22. The van der Waals surface area contributed by atoms with E-state index in [4.69, 9.17) is 16.3 Å². The molecule has 1 heterocycles. The van der Waals surface area contributed by atoms with E-state index in [0.29, 0.717) is 24.9 Å². The minimum Gasteiger partial charge on any atom is -0.478 e. The summed E-state index contributed by atoms with van der Waals surface area (Å²) in [6.45, 7) is 6.95. The van der Waals surface area contributed by atoms with Gasteiger partial charge in [-0.1, -0.05) is 0 Å². The molecule has 1 unspecified atom stereocenters. The average molecular weight is 230 g/mol. The molecule has 1 N–H and O–H groups in total. The van der Waals surface area contributed by atoms with Gasteiger partial charge in [0.25, 0.3) is 0 Å². The van der Waals surface area contributed by atoms with Crippen molar-refractivity contribution in [2.45, 2.75) is 26.1 Å². The van der Waals surface area contributed by atoms with Gasteiger partial charge in [0, 0.05) is 18.0 Å². The van der Waals surface area contributed by atoms with E-state index in [2.05, 4.69) is 15.3 Å². The summed E-state index contributed by atoms with van der Waals surface area (Å²) in [6.07, 6.45) is 0. The van der Waals surface area contributed by atoms with Crippen LogP contribution >= 0.6 is 11.6 Å². The van der Waals surface area contributed by atoms with Crippen LogP contribution in [0.3, 0.4) is 0 Å². The summed E-state index contributed by atoms with van der Waals surface area (Å²) >= 11 is 5.83. The highest BCUT2D eigenvalue weighted by Gasteiger charge is 2.03. The minimum absolute atomic E-state index is 0.0656. The molecule has 0 aromatic carbocycles. The van der Waals surface area contributed by atoms with Gasteiger partial charge in [-0.2, -0.15) is 4.98 Å². The normalized spacial score (nSPS) is 12.3. The van der Waals surface area contributed by atoms with E-state index in [1.165, 1.54) is 0 Å². The topological polar surface area (TPSA) is 47.0 Å². The maximum absolute atomic E-state index is 5.83. The highest BCUT2D eigenvalue weighted by Crippen LogP contribution is 2.13. The first-order chi connectivity index (χ1) is 7.11. The molecule has 1 rings (SSSR count). The Balaban J connectivity index is 2.70. The van der Waals surface area contributed by atoms with Gasteiger partial charge in [-0.05, 0) is 20.8 Å². The Bertz CT molecular complexity index is 318. The highest BCUT2D eigenvalue weighted by molar-refractivity contribution is 6.20. The van der Waals surface area contributed by atoms with Crippen LogP contribution in [0.2, 0.25) is 0 Å². The Kier molecular flexibility index (Phi) is 4.62. The molecule has 1 aromatic heterocycles. The standard InChI is InChI=1S/C10H16ClN3O/c1-4-15-10-5-9(12-6-7(2)11)13-8(3)14-10/h5,7H,4,6H2,1-3H3,(H,12,13,14). The zero-order chi connectivity index (χ0) is 11.3. The number of rotatable bonds is 5. The molecule has 0 saturated carbocycles. The maximum atomic E-state index is 5.83. The molecule has 0 amide bonds. The molecule has 0 aliphatic carbocycles. The number of alkyl halides is 1. The van der Waals surface area contributed by atoms with Gasteiger partial charge in [-0.15, -0.1) is 11.6 Å². The van der Waals surface area contributed by atoms with Crippen molar-refractivity contribution >= 4 is 17.4 Å². The highest BCUT2D eigenvalue weighted by atomic mass is 35.5. The molecule has 5 heteroatoms. The fourth-order valence-electron chi connectivity index (χ4n) is 1.10. The van der Waals surface area contributed by atoms with Crippen molar-refractivity contribution in [3.05, 3.63) is 11.9 Å². The van der Waals surface area contributed by atoms with E-state index in [0.717, 1.165) is 5.82 Å². The Morgan fingerprint density at radius 1 is 1.53 bits per heavy atom. The van der Waals surface area contributed by atoms with Crippen molar-refractivity contribution in [3.8, 4) is 5.88 Å². The first kappa shape index (κ1) is 12.0.